The van der Waals surface area contributed by atoms with Crippen molar-refractivity contribution in [1.29, 1.82) is 0 Å². The van der Waals surface area contributed by atoms with Crippen LogP contribution >= 0.6 is 11.6 Å². The molecule has 0 spiro atoms. The quantitative estimate of drug-likeness (QED) is 0.847. The molecule has 0 aliphatic carbocycles. The Balaban J connectivity index is 2.22. The monoisotopic (exact) mass is 287 g/mol. The molecular formula is C13H15ClFNO3. The lowest BCUT2D eigenvalue weighted by Gasteiger charge is -2.37. The van der Waals surface area contributed by atoms with Gasteiger partial charge in [0.25, 0.3) is 5.91 Å². The van der Waals surface area contributed by atoms with E-state index in [1.165, 1.54) is 6.07 Å². The number of rotatable bonds is 2. The van der Waals surface area contributed by atoms with E-state index in [1.54, 1.807) is 4.90 Å². The molecule has 1 fully saturated rings. The summed E-state index contributed by atoms with van der Waals surface area (Å²) in [6.45, 7) is 2.61. The number of halogens is 2. The largest absolute Gasteiger partial charge is 0.507 e. The van der Waals surface area contributed by atoms with Crippen molar-refractivity contribution in [3.8, 4) is 5.75 Å². The van der Waals surface area contributed by atoms with E-state index in [0.717, 1.165) is 12.1 Å². The van der Waals surface area contributed by atoms with Crippen molar-refractivity contribution in [2.45, 2.75) is 19.1 Å². The van der Waals surface area contributed by atoms with Crippen molar-refractivity contribution < 1.29 is 19.0 Å². The first-order valence-electron chi connectivity index (χ1n) is 6.00. The van der Waals surface area contributed by atoms with Crippen LogP contribution in [0.15, 0.2) is 18.2 Å². The molecule has 1 aromatic carbocycles. The second-order valence-electron chi connectivity index (χ2n) is 4.58. The van der Waals surface area contributed by atoms with Gasteiger partial charge in [-0.1, -0.05) is 0 Å². The Morgan fingerprint density at radius 2 is 2.37 bits per heavy atom. The van der Waals surface area contributed by atoms with Crippen LogP contribution in [0.1, 0.15) is 17.3 Å². The molecule has 1 aliphatic rings. The summed E-state index contributed by atoms with van der Waals surface area (Å²) in [5.74, 6) is -0.983. The summed E-state index contributed by atoms with van der Waals surface area (Å²) < 4.78 is 18.4. The molecule has 1 N–H and O–H groups in total. The highest BCUT2D eigenvalue weighted by Crippen LogP contribution is 2.23. The summed E-state index contributed by atoms with van der Waals surface area (Å²) in [7, 11) is 0. The fourth-order valence-electron chi connectivity index (χ4n) is 2.03. The van der Waals surface area contributed by atoms with Crippen molar-refractivity contribution in [3.63, 3.8) is 0 Å². The summed E-state index contributed by atoms with van der Waals surface area (Å²) in [5.41, 5.74) is 0.0865. The van der Waals surface area contributed by atoms with Crippen LogP contribution < -0.4 is 0 Å². The number of carbonyl (C=O) groups is 1. The third-order valence-corrected chi connectivity index (χ3v) is 3.47. The minimum Gasteiger partial charge on any atom is -0.507 e. The SMILES string of the molecule is CC1COC(CCl)CN1C(=O)c1ccc(F)cc1O. The number of alkyl halides is 1. The van der Waals surface area contributed by atoms with E-state index in [4.69, 9.17) is 16.3 Å². The molecule has 2 unspecified atom stereocenters. The van der Waals surface area contributed by atoms with Crippen molar-refractivity contribution in [1.82, 2.24) is 4.90 Å². The molecule has 2 rings (SSSR count). The molecular weight excluding hydrogens is 273 g/mol. The molecule has 2 atom stereocenters. The zero-order valence-corrected chi connectivity index (χ0v) is 11.2. The number of ether oxygens (including phenoxy) is 1. The van der Waals surface area contributed by atoms with Crippen molar-refractivity contribution in [2.24, 2.45) is 0 Å². The first-order valence-corrected chi connectivity index (χ1v) is 6.53. The first-order chi connectivity index (χ1) is 9.02. The Labute approximate surface area is 115 Å². The van der Waals surface area contributed by atoms with E-state index < -0.39 is 5.82 Å². The van der Waals surface area contributed by atoms with Crippen LogP contribution in [-0.4, -0.2) is 47.1 Å². The molecule has 0 saturated carbocycles. The lowest BCUT2D eigenvalue weighted by molar-refractivity contribution is -0.0372. The molecule has 1 heterocycles. The van der Waals surface area contributed by atoms with Gasteiger partial charge >= 0.3 is 0 Å². The van der Waals surface area contributed by atoms with Crippen LogP contribution in [0.4, 0.5) is 4.39 Å². The topological polar surface area (TPSA) is 49.8 Å². The normalized spacial score (nSPS) is 23.4. The van der Waals surface area contributed by atoms with Gasteiger partial charge in [0.15, 0.2) is 0 Å². The first kappa shape index (κ1) is 14.1. The molecule has 1 aliphatic heterocycles. The number of carbonyl (C=O) groups excluding carboxylic acids is 1. The number of benzene rings is 1. The lowest BCUT2D eigenvalue weighted by Crippen LogP contribution is -2.51. The Kier molecular flexibility index (Phi) is 4.27. The van der Waals surface area contributed by atoms with Gasteiger partial charge in [0.1, 0.15) is 11.6 Å². The third-order valence-electron chi connectivity index (χ3n) is 3.13. The van der Waals surface area contributed by atoms with Crippen LogP contribution in [0, 0.1) is 5.82 Å². The number of morpholine rings is 1. The second kappa shape index (κ2) is 5.75. The third kappa shape index (κ3) is 2.98. The van der Waals surface area contributed by atoms with Gasteiger partial charge in [-0.2, -0.15) is 0 Å². The van der Waals surface area contributed by atoms with Crippen molar-refractivity contribution >= 4 is 17.5 Å². The summed E-state index contributed by atoms with van der Waals surface area (Å²) in [4.78, 5) is 13.9. The fraction of sp³-hybridized carbons (Fsp3) is 0.462. The van der Waals surface area contributed by atoms with Crippen molar-refractivity contribution in [3.05, 3.63) is 29.6 Å². The molecule has 4 nitrogen and oxygen atoms in total. The maximum absolute atomic E-state index is 12.9. The van der Waals surface area contributed by atoms with Crippen LogP contribution in [0.3, 0.4) is 0 Å². The Morgan fingerprint density at radius 1 is 1.63 bits per heavy atom. The molecule has 19 heavy (non-hydrogen) atoms. The number of hydrogen-bond donors (Lipinski definition) is 1. The number of phenols is 1. The van der Waals surface area contributed by atoms with Gasteiger partial charge in [0.05, 0.1) is 30.2 Å². The highest BCUT2D eigenvalue weighted by Gasteiger charge is 2.30. The van der Waals surface area contributed by atoms with Gasteiger partial charge in [0.2, 0.25) is 0 Å². The summed E-state index contributed by atoms with van der Waals surface area (Å²) in [6.07, 6.45) is -0.218. The number of amides is 1. The standard InChI is InChI=1S/C13H15ClFNO3/c1-8-7-19-10(5-14)6-16(8)13(18)11-3-2-9(15)4-12(11)17/h2-4,8,10,17H,5-7H2,1H3. The Hall–Kier alpha value is -1.33. The van der Waals surface area contributed by atoms with Crippen molar-refractivity contribution in [2.75, 3.05) is 19.0 Å². The molecule has 1 saturated heterocycles. The zero-order chi connectivity index (χ0) is 14.0. The van der Waals surface area contributed by atoms with E-state index in [9.17, 15) is 14.3 Å². The van der Waals surface area contributed by atoms with E-state index >= 15 is 0 Å². The number of aromatic hydroxyl groups is 1. The predicted molar refractivity (Wildman–Crippen MR) is 69.0 cm³/mol. The number of phenolic OH excluding ortho intramolecular Hbond substituents is 1. The molecule has 1 amide bonds. The Bertz CT molecular complexity index is 483. The molecule has 0 radical (unpaired) electrons. The van der Waals surface area contributed by atoms with E-state index in [-0.39, 0.29) is 29.4 Å². The Morgan fingerprint density at radius 3 is 3.00 bits per heavy atom. The number of nitrogens with zero attached hydrogens (tertiary/aromatic N) is 1. The van der Waals surface area contributed by atoms with Gasteiger partial charge in [-0.15, -0.1) is 11.6 Å². The van der Waals surface area contributed by atoms with E-state index in [0.29, 0.717) is 19.0 Å². The molecule has 0 aromatic heterocycles. The second-order valence-corrected chi connectivity index (χ2v) is 4.89. The molecule has 1 aromatic rings. The van der Waals surface area contributed by atoms with Crippen LogP contribution in [0.5, 0.6) is 5.75 Å². The average molecular weight is 288 g/mol. The smallest absolute Gasteiger partial charge is 0.258 e. The highest BCUT2D eigenvalue weighted by atomic mass is 35.5. The lowest BCUT2D eigenvalue weighted by atomic mass is 10.1. The van der Waals surface area contributed by atoms with Crippen LogP contribution in [-0.2, 0) is 4.74 Å². The average Bonchev–Trinajstić information content (AvgIpc) is 2.38. The summed E-state index contributed by atoms with van der Waals surface area (Å²) >= 11 is 5.73. The summed E-state index contributed by atoms with van der Waals surface area (Å²) in [6, 6.07) is 3.25. The van der Waals surface area contributed by atoms with Gasteiger partial charge in [-0.3, -0.25) is 4.79 Å². The maximum atomic E-state index is 12.9. The maximum Gasteiger partial charge on any atom is 0.258 e. The zero-order valence-electron chi connectivity index (χ0n) is 10.5. The van der Waals surface area contributed by atoms with Gasteiger partial charge in [-0.25, -0.2) is 4.39 Å². The van der Waals surface area contributed by atoms with E-state index in [2.05, 4.69) is 0 Å². The molecule has 104 valence electrons. The van der Waals surface area contributed by atoms with Gasteiger partial charge in [0, 0.05) is 12.6 Å². The predicted octanol–water partition coefficient (Wildman–Crippen LogP) is 2.00. The van der Waals surface area contributed by atoms with Crippen LogP contribution in [0.25, 0.3) is 0 Å². The van der Waals surface area contributed by atoms with Gasteiger partial charge < -0.3 is 14.7 Å². The van der Waals surface area contributed by atoms with Crippen LogP contribution in [0.2, 0.25) is 0 Å². The van der Waals surface area contributed by atoms with Gasteiger partial charge in [-0.05, 0) is 19.1 Å². The summed E-state index contributed by atoms with van der Waals surface area (Å²) in [5, 5.41) is 9.66. The highest BCUT2D eigenvalue weighted by molar-refractivity contribution is 6.18. The van der Waals surface area contributed by atoms with E-state index in [1.807, 2.05) is 6.92 Å². The molecule has 0 bridgehead atoms. The number of hydrogen-bond acceptors (Lipinski definition) is 3. The minimum absolute atomic E-state index is 0.0865. The molecule has 6 heteroatoms. The minimum atomic E-state index is -0.581. The fourth-order valence-corrected chi connectivity index (χ4v) is 2.22.